The van der Waals surface area contributed by atoms with E-state index in [9.17, 15) is 4.79 Å². The van der Waals surface area contributed by atoms with E-state index in [1.54, 1.807) is 0 Å². The molecule has 0 aliphatic heterocycles. The molecule has 0 bridgehead atoms. The molecule has 0 radical (unpaired) electrons. The molecule has 0 saturated heterocycles. The van der Waals surface area contributed by atoms with Crippen LogP contribution in [-0.2, 0) is 9.53 Å². The molecule has 0 unspecified atom stereocenters. The van der Waals surface area contributed by atoms with Crippen LogP contribution in [0.5, 0.6) is 0 Å². The van der Waals surface area contributed by atoms with Gasteiger partial charge in [-0.15, -0.1) is 0 Å². The van der Waals surface area contributed by atoms with E-state index in [1.165, 1.54) is 161 Å². The zero-order valence-electron chi connectivity index (χ0n) is 26.0. The smallest absolute Gasteiger partial charge is 0.312 e. The molecule has 3 saturated carbocycles. The van der Waals surface area contributed by atoms with Crippen LogP contribution < -0.4 is 0 Å². The van der Waals surface area contributed by atoms with Gasteiger partial charge < -0.3 is 4.74 Å². The second-order valence-electron chi connectivity index (χ2n) is 13.9. The molecule has 0 aromatic carbocycles. The minimum Gasteiger partial charge on any atom is -0.465 e. The molecule has 0 aromatic rings. The number of esters is 1. The first-order chi connectivity index (χ1) is 18.7. The van der Waals surface area contributed by atoms with Crippen molar-refractivity contribution < 1.29 is 9.53 Å². The van der Waals surface area contributed by atoms with E-state index in [0.29, 0.717) is 6.61 Å². The Kier molecular flexibility index (Phi) is 15.2. The SMILES string of the molecule is CCCCCCCCCC[C@]1(C2(C(=O)OCCCCCCC)CCCCC2)CC[C@@H](C2CCCCC2)CC1. The van der Waals surface area contributed by atoms with Crippen LogP contribution in [0, 0.1) is 22.7 Å². The Bertz CT molecular complexity index is 605. The van der Waals surface area contributed by atoms with E-state index in [2.05, 4.69) is 13.8 Å². The predicted octanol–water partition coefficient (Wildman–Crippen LogP) is 11.7. The third-order valence-electron chi connectivity index (χ3n) is 11.4. The van der Waals surface area contributed by atoms with Gasteiger partial charge in [0.1, 0.15) is 0 Å². The summed E-state index contributed by atoms with van der Waals surface area (Å²) in [6.07, 6.45) is 37.1. The summed E-state index contributed by atoms with van der Waals surface area (Å²) in [5.74, 6) is 2.13. The lowest BCUT2D eigenvalue weighted by atomic mass is 9.49. The number of hydrogen-bond donors (Lipinski definition) is 0. The van der Waals surface area contributed by atoms with Crippen molar-refractivity contribution in [3.8, 4) is 0 Å². The van der Waals surface area contributed by atoms with E-state index in [4.69, 9.17) is 4.74 Å². The maximum atomic E-state index is 14.1. The molecule has 3 aliphatic carbocycles. The summed E-state index contributed by atoms with van der Waals surface area (Å²) in [7, 11) is 0. The Balaban J connectivity index is 1.64. The highest BCUT2D eigenvalue weighted by Gasteiger charge is 2.57. The van der Waals surface area contributed by atoms with Gasteiger partial charge in [0.2, 0.25) is 0 Å². The first kappa shape index (κ1) is 32.0. The zero-order valence-corrected chi connectivity index (χ0v) is 26.0. The van der Waals surface area contributed by atoms with Gasteiger partial charge in [-0.05, 0) is 68.6 Å². The third-order valence-corrected chi connectivity index (χ3v) is 11.4. The first-order valence-corrected chi connectivity index (χ1v) is 17.8. The second-order valence-corrected chi connectivity index (χ2v) is 13.9. The van der Waals surface area contributed by atoms with Crippen LogP contribution in [-0.4, -0.2) is 12.6 Å². The van der Waals surface area contributed by atoms with Gasteiger partial charge in [0.15, 0.2) is 0 Å². The molecule has 0 N–H and O–H groups in total. The van der Waals surface area contributed by atoms with Crippen molar-refractivity contribution in [2.45, 2.75) is 194 Å². The Morgan fingerprint density at radius 3 is 1.68 bits per heavy atom. The number of carbonyl (C=O) groups is 1. The summed E-state index contributed by atoms with van der Waals surface area (Å²) >= 11 is 0. The van der Waals surface area contributed by atoms with Gasteiger partial charge >= 0.3 is 5.97 Å². The molecule has 0 spiro atoms. The molecule has 3 rings (SSSR count). The number of ether oxygens (including phenoxy) is 1. The van der Waals surface area contributed by atoms with E-state index in [0.717, 1.165) is 31.1 Å². The molecule has 2 heteroatoms. The summed E-state index contributed by atoms with van der Waals surface area (Å²) in [5.41, 5.74) is 0.0213. The highest BCUT2D eigenvalue weighted by Crippen LogP contribution is 2.61. The van der Waals surface area contributed by atoms with Crippen LogP contribution in [0.4, 0.5) is 0 Å². The highest BCUT2D eigenvalue weighted by atomic mass is 16.5. The molecule has 222 valence electrons. The minimum atomic E-state index is -0.187. The van der Waals surface area contributed by atoms with Gasteiger partial charge in [-0.2, -0.15) is 0 Å². The molecule has 0 heterocycles. The van der Waals surface area contributed by atoms with Gasteiger partial charge in [-0.25, -0.2) is 0 Å². The summed E-state index contributed by atoms with van der Waals surface area (Å²) < 4.78 is 6.23. The molecule has 0 aromatic heterocycles. The van der Waals surface area contributed by atoms with E-state index in [-0.39, 0.29) is 16.8 Å². The summed E-state index contributed by atoms with van der Waals surface area (Å²) in [5, 5.41) is 0. The minimum absolute atomic E-state index is 0.187. The van der Waals surface area contributed by atoms with Crippen molar-refractivity contribution in [2.75, 3.05) is 6.61 Å². The Morgan fingerprint density at radius 1 is 0.579 bits per heavy atom. The van der Waals surface area contributed by atoms with E-state index < -0.39 is 0 Å². The van der Waals surface area contributed by atoms with Crippen LogP contribution in [0.2, 0.25) is 0 Å². The lowest BCUT2D eigenvalue weighted by Crippen LogP contribution is -2.52. The van der Waals surface area contributed by atoms with Gasteiger partial charge in [0.05, 0.1) is 12.0 Å². The quantitative estimate of drug-likeness (QED) is 0.130. The van der Waals surface area contributed by atoms with Gasteiger partial charge in [0.25, 0.3) is 0 Å². The largest absolute Gasteiger partial charge is 0.465 e. The number of carbonyl (C=O) groups excluding carboxylic acids is 1. The van der Waals surface area contributed by atoms with Gasteiger partial charge in [0, 0.05) is 0 Å². The number of rotatable bonds is 18. The van der Waals surface area contributed by atoms with Crippen LogP contribution in [0.3, 0.4) is 0 Å². The van der Waals surface area contributed by atoms with Crippen LogP contribution in [0.15, 0.2) is 0 Å². The van der Waals surface area contributed by atoms with Gasteiger partial charge in [-0.1, -0.05) is 142 Å². The lowest BCUT2D eigenvalue weighted by Gasteiger charge is -2.55. The van der Waals surface area contributed by atoms with Crippen molar-refractivity contribution in [2.24, 2.45) is 22.7 Å². The summed E-state index contributed by atoms with van der Waals surface area (Å²) in [4.78, 5) is 14.1. The van der Waals surface area contributed by atoms with Crippen molar-refractivity contribution in [3.63, 3.8) is 0 Å². The van der Waals surface area contributed by atoms with Gasteiger partial charge in [-0.3, -0.25) is 4.79 Å². The molecular weight excluding hydrogens is 464 g/mol. The maximum Gasteiger partial charge on any atom is 0.312 e. The Hall–Kier alpha value is -0.530. The molecule has 0 atom stereocenters. The third kappa shape index (κ3) is 9.26. The fraction of sp³-hybridized carbons (Fsp3) is 0.972. The molecule has 0 amide bonds. The van der Waals surface area contributed by atoms with Crippen LogP contribution in [0.25, 0.3) is 0 Å². The normalized spacial score (nSPS) is 26.3. The molecule has 38 heavy (non-hydrogen) atoms. The highest BCUT2D eigenvalue weighted by molar-refractivity contribution is 5.78. The summed E-state index contributed by atoms with van der Waals surface area (Å²) in [6.45, 7) is 5.23. The van der Waals surface area contributed by atoms with E-state index >= 15 is 0 Å². The van der Waals surface area contributed by atoms with Crippen LogP contribution in [0.1, 0.15) is 194 Å². The van der Waals surface area contributed by atoms with Crippen molar-refractivity contribution in [3.05, 3.63) is 0 Å². The first-order valence-electron chi connectivity index (χ1n) is 17.8. The predicted molar refractivity (Wildman–Crippen MR) is 163 cm³/mol. The average Bonchev–Trinajstić information content (AvgIpc) is 2.97. The van der Waals surface area contributed by atoms with E-state index in [1.807, 2.05) is 0 Å². The number of unbranched alkanes of at least 4 members (excludes halogenated alkanes) is 11. The number of hydrogen-bond acceptors (Lipinski definition) is 2. The van der Waals surface area contributed by atoms with Crippen molar-refractivity contribution >= 4 is 5.97 Å². The van der Waals surface area contributed by atoms with Crippen molar-refractivity contribution in [1.82, 2.24) is 0 Å². The Morgan fingerprint density at radius 2 is 1.08 bits per heavy atom. The molecular formula is C36H66O2. The second kappa shape index (κ2) is 18.0. The molecule has 3 fully saturated rings. The average molecular weight is 531 g/mol. The summed E-state index contributed by atoms with van der Waals surface area (Å²) in [6, 6.07) is 0. The molecule has 3 aliphatic rings. The standard InChI is InChI=1S/C36H66O2/c1-3-5-7-9-10-11-12-18-26-35(29-24-33(25-30-35)32-22-16-14-17-23-32)36(27-19-15-20-28-36)34(37)38-31-21-13-8-6-4-2/h32-33H,3-31H2,1-2H3/t33-,35+. The van der Waals surface area contributed by atoms with Crippen molar-refractivity contribution in [1.29, 1.82) is 0 Å². The lowest BCUT2D eigenvalue weighted by molar-refractivity contribution is -0.175. The molecule has 2 nitrogen and oxygen atoms in total. The van der Waals surface area contributed by atoms with Crippen LogP contribution >= 0.6 is 0 Å². The Labute approximate surface area is 238 Å². The fourth-order valence-electron chi connectivity index (χ4n) is 8.95. The maximum absolute atomic E-state index is 14.1. The fourth-order valence-corrected chi connectivity index (χ4v) is 8.95. The monoisotopic (exact) mass is 531 g/mol. The zero-order chi connectivity index (χ0) is 26.9. The topological polar surface area (TPSA) is 26.3 Å².